The molecule has 0 amide bonds. The van der Waals surface area contributed by atoms with Gasteiger partial charge in [0.05, 0.1) is 84.9 Å². The Kier molecular flexibility index (Phi) is 46.8. The predicted molar refractivity (Wildman–Crippen MR) is 467 cm³/mol. The van der Waals surface area contributed by atoms with Crippen molar-refractivity contribution in [3.8, 4) is 12.8 Å². The Morgan fingerprint density at radius 1 is 0.549 bits per heavy atom. The van der Waals surface area contributed by atoms with Crippen molar-refractivity contribution in [3.05, 3.63) is 191 Å². The number of halogens is 1. The molecule has 4 aliphatic heterocycles. The fourth-order valence-corrected chi connectivity index (χ4v) is 21.1. The Morgan fingerprint density at radius 3 is 1.15 bits per heavy atom. The van der Waals surface area contributed by atoms with Gasteiger partial charge in [0.1, 0.15) is 50.2 Å². The molecule has 8 N–H and O–H groups in total. The van der Waals surface area contributed by atoms with Crippen LogP contribution < -0.4 is 55.4 Å². The topological polar surface area (TPSA) is 481 Å². The highest BCUT2D eigenvalue weighted by molar-refractivity contribution is 7.75. The number of H-pyrrole nitrogens is 4. The van der Waals surface area contributed by atoms with Crippen LogP contribution in [-0.2, 0) is 79.8 Å². The number of carbonyl (C=O) groups is 1. The Balaban J connectivity index is 0.000000753. The fourth-order valence-electron chi connectivity index (χ4n) is 12.5. The summed E-state index contributed by atoms with van der Waals surface area (Å²) in [6, 6.07) is 21.1. The standard InChI is InChI=1S/C16H19ClSi.C14H22N2O6.C14H20N2O6.C14H22N2O5.C13H20N2O6.C5H14O4P2.C2H2.2CH4O.CH4/c1-16(2,3)18(17,14-10-6-4-7-11-14)15-12-8-5-9-13-15;2*1-8-6-16(14(19)15-12(8)18)13-11(21-5-4-20-3)9(2)10(7-17)22-13;1-8-7-16(14(18)15-12(8)17)13-11(20-6-5-19-4)9(2)10(3)21-13;1-7-6-15(13(18)14-11(7)17)12-10(20-5-4-19-3)9(16)8(2)21-12;1-8-11(7,9-2)5-10(3,4)6;3*1-2;/h4-13H,1-3H3;6,9-11,13,17H,4-5,7H2,1-3H3,(H,15,18,19);6-7,9-11,13H,4-5H2,1-3H3,(H,15,18,19);7,9-11,13H,5-6H2,1-4H3,(H,15,17,18);6,8-10,12,16H,4-5H2,1-3H3,(H,14,17,18);5H2,1-4H3;1-2H;2*2H,1H3;1H4/t;3*9-,10-,11-,13-;8-,9-,10-,12-;;;;;/m.1111...../s1/i;;;3D;2D;;1D;2*2T;. The predicted octanol–water partition coefficient (Wildman–Crippen LogP) is 4.54. The van der Waals surface area contributed by atoms with Crippen molar-refractivity contribution in [3.63, 3.8) is 0 Å². The molecule has 37 nitrogen and oxygen atoms in total. The number of rotatable bonds is 28. The van der Waals surface area contributed by atoms with Gasteiger partial charge < -0.3 is 95.7 Å². The molecule has 2 aromatic carbocycles. The normalized spacial score (nSPS) is 23.7. The van der Waals surface area contributed by atoms with E-state index < -0.39 is 135 Å². The van der Waals surface area contributed by atoms with Crippen LogP contribution in [0, 0.1) is 58.3 Å². The van der Waals surface area contributed by atoms with Gasteiger partial charge in [-0.1, -0.05) is 110 Å². The van der Waals surface area contributed by atoms with Gasteiger partial charge >= 0.3 is 30.4 Å². The first-order valence-electron chi connectivity index (χ1n) is 40.8. The van der Waals surface area contributed by atoms with Crippen molar-refractivity contribution in [2.45, 2.75) is 175 Å². The maximum absolute atomic E-state index is 12.1. The number of aldehydes is 1. The lowest BCUT2D eigenvalue weighted by Gasteiger charge is -2.38. The molecule has 4 aromatic heterocycles. The number of hydrogen-bond donors (Lipinski definition) is 8. The summed E-state index contributed by atoms with van der Waals surface area (Å²) in [6.45, 7) is 24.4. The molecule has 0 saturated carbocycles. The maximum atomic E-state index is 12.1. The Bertz CT molecular complexity index is 4540. The maximum Gasteiger partial charge on any atom is 0.337 e. The molecule has 41 heteroatoms. The molecule has 4 fully saturated rings. The van der Waals surface area contributed by atoms with Gasteiger partial charge in [-0.25, -0.2) is 19.2 Å². The molecule has 16 atom stereocenters. The summed E-state index contributed by atoms with van der Waals surface area (Å²) in [5.41, 5.74) is -2.60. The lowest BCUT2D eigenvalue weighted by molar-refractivity contribution is -0.122. The number of ether oxygens (including phenoxy) is 12. The number of aliphatic hydroxyl groups excluding tert-OH is 4. The second-order valence-electron chi connectivity index (χ2n) is 29.1. The van der Waals surface area contributed by atoms with Crippen LogP contribution >= 0.6 is 25.8 Å². The number of terminal acetylenes is 1. The van der Waals surface area contributed by atoms with Crippen molar-refractivity contribution >= 4 is 49.9 Å². The molecule has 10 rings (SSSR count). The number of aromatic amines is 4. The third-order valence-corrected chi connectivity index (χ3v) is 31.7. The monoisotopic (exact) mass is 1810 g/mol. The zero-order valence-electron chi connectivity index (χ0n) is 77.4. The Morgan fingerprint density at radius 2 is 0.852 bits per heavy atom. The summed E-state index contributed by atoms with van der Waals surface area (Å²) in [5, 5.41) is 29.2. The summed E-state index contributed by atoms with van der Waals surface area (Å²) in [5.74, 6) is -0.365. The summed E-state index contributed by atoms with van der Waals surface area (Å²) in [6.07, 6.45) is 3.75. The largest absolute Gasteiger partial charge is 0.400 e. The van der Waals surface area contributed by atoms with Crippen molar-refractivity contribution in [1.29, 1.82) is 2.86 Å². The number of nitrogens with zero attached hydrogens (tertiary/aromatic N) is 4. The lowest BCUT2D eigenvalue weighted by atomic mass is 10.0. The van der Waals surface area contributed by atoms with Crippen LogP contribution in [0.1, 0.15) is 114 Å². The van der Waals surface area contributed by atoms with Gasteiger partial charge in [0.15, 0.2) is 24.9 Å². The van der Waals surface area contributed by atoms with Gasteiger partial charge in [-0.2, -0.15) is 11.1 Å². The average molecular weight is 1810 g/mol. The molecule has 0 bridgehead atoms. The summed E-state index contributed by atoms with van der Waals surface area (Å²) in [4.78, 5) is 114. The zero-order chi connectivity index (χ0) is 95.6. The molecule has 0 spiro atoms. The first-order chi connectivity index (χ1) is 59.5. The van der Waals surface area contributed by atoms with Gasteiger partial charge in [-0.3, -0.25) is 61.9 Å². The second-order valence-corrected chi connectivity index (χ2v) is 41.0. The smallest absolute Gasteiger partial charge is 0.337 e. The van der Waals surface area contributed by atoms with E-state index >= 15 is 0 Å². The Hall–Kier alpha value is -7.36. The zero-order valence-corrected chi connectivity index (χ0v) is 76.0. The molecule has 0 aliphatic carbocycles. The first kappa shape index (κ1) is 103. The first-order valence-corrected chi connectivity index (χ1v) is 45.6. The van der Waals surface area contributed by atoms with Crippen LogP contribution in [0.25, 0.3) is 0 Å². The molecule has 122 heavy (non-hydrogen) atoms. The lowest BCUT2D eigenvalue weighted by Crippen LogP contribution is -2.59. The number of carbonyl (C=O) groups excluding carboxylic acids is 1. The molecule has 4 saturated heterocycles. The van der Waals surface area contributed by atoms with Crippen LogP contribution in [0.3, 0.4) is 0 Å². The highest BCUT2D eigenvalue weighted by atomic mass is 35.6. The molecule has 0 unspecified atom stereocenters. The van der Waals surface area contributed by atoms with Gasteiger partial charge in [-0.05, 0) is 70.2 Å². The summed E-state index contributed by atoms with van der Waals surface area (Å²) >= 11 is 7.21. The van der Waals surface area contributed by atoms with E-state index in [2.05, 4.69) is 115 Å². The van der Waals surface area contributed by atoms with Crippen molar-refractivity contribution < 1.29 is 104 Å². The van der Waals surface area contributed by atoms with Crippen molar-refractivity contribution in [2.75, 3.05) is 136 Å². The molecular formula is C81H131ClN8O29P2Si. The minimum absolute atomic E-state index is 0. The van der Waals surface area contributed by atoms with E-state index in [1.807, 2.05) is 32.9 Å². The van der Waals surface area contributed by atoms with Crippen LogP contribution in [0.4, 0.5) is 0 Å². The average Bonchev–Trinajstić information content (AvgIpc) is 1.21. The number of hydrogen-bond acceptors (Lipinski definition) is 29. The van der Waals surface area contributed by atoms with Crippen molar-refractivity contribution in [1.82, 2.24) is 38.2 Å². The van der Waals surface area contributed by atoms with E-state index in [4.69, 9.17) is 74.9 Å². The molecule has 6 aromatic rings. The van der Waals surface area contributed by atoms with Gasteiger partial charge in [0.2, 0.25) is 10.2 Å². The fraction of sp³-hybridized carbons (Fsp3) is 0.617. The van der Waals surface area contributed by atoms with E-state index in [0.29, 0.717) is 74.8 Å². The van der Waals surface area contributed by atoms with E-state index in [1.165, 1.54) is 95.4 Å². The van der Waals surface area contributed by atoms with Gasteiger partial charge in [-0.15, -0.1) is 12.8 Å². The number of benzene rings is 2. The van der Waals surface area contributed by atoms with E-state index in [-0.39, 0.29) is 75.3 Å². The second kappa shape index (κ2) is 55.2. The molecule has 4 aliphatic rings. The summed E-state index contributed by atoms with van der Waals surface area (Å²) < 4.78 is 134. The summed E-state index contributed by atoms with van der Waals surface area (Å²) in [7, 11) is 3.76. The minimum atomic E-state index is -3.07. The highest BCUT2D eigenvalue weighted by Crippen LogP contribution is 2.58. The van der Waals surface area contributed by atoms with E-state index in [9.17, 15) is 62.5 Å². The molecule has 0 radical (unpaired) electrons. The van der Waals surface area contributed by atoms with Crippen LogP contribution in [-0.4, -0.2) is 266 Å². The Labute approximate surface area is 724 Å². The third kappa shape index (κ3) is 31.9. The quantitative estimate of drug-likeness (QED) is 0.00834. The van der Waals surface area contributed by atoms with Gasteiger partial charge in [0.25, 0.3) is 22.2 Å². The number of methoxy groups -OCH3 is 4. The van der Waals surface area contributed by atoms with Crippen LogP contribution in [0.5, 0.6) is 0 Å². The van der Waals surface area contributed by atoms with Gasteiger partial charge in [0, 0.05) is 124 Å². The highest BCUT2D eigenvalue weighted by Gasteiger charge is 2.49. The number of nitrogens with one attached hydrogen (secondary N) is 4. The number of aliphatic hydroxyl groups is 4. The number of aryl methyl sites for hydroxylation is 4. The molecule has 690 valence electrons. The van der Waals surface area contributed by atoms with Crippen LogP contribution in [0.2, 0.25) is 5.04 Å². The molecule has 8 heterocycles. The minimum Gasteiger partial charge on any atom is -0.400 e. The SMILES string of the molecule is C.CC(C)(C)[Si](Cl)(c1ccccc1)c1ccccc1.COCCO[C@@H]1[C@H](C)[C@@H](C=O)O[C@H]1n1cc(C)c(=O)[nH]c1=O.COCCO[C@@H]1[C@H](C)[C@@H](CO)O[C@H]1n1cc(C)c(=O)[nH]c1=O.COP(=O)(CP(C)(C)=O)OC.[2H]C#C.[2H]C[C@H]1O[C@@H](n2cc(C)c(=O)[nH]c2=O)[C@H](OCCOC)[C@@H]1C.[2H]C[C@H]1O[C@@H](n2cc(C)c(=O)[nH]c2=O)[C@H](OCCOC)[C@@H]1O.[3H]OC.[3H]OC. The number of aromatic nitrogens is 8. The molecular weight excluding hydrogens is 1670 g/mol. The van der Waals surface area contributed by atoms with E-state index in [1.54, 1.807) is 62.4 Å². The van der Waals surface area contributed by atoms with Crippen LogP contribution in [0.15, 0.2) is 124 Å². The van der Waals surface area contributed by atoms with Crippen molar-refractivity contribution in [2.24, 2.45) is 17.8 Å². The van der Waals surface area contributed by atoms with E-state index in [0.717, 1.165) is 0 Å². The third-order valence-electron chi connectivity index (χ3n) is 19.2.